The molecule has 9 heteroatoms. The van der Waals surface area contributed by atoms with Crippen molar-refractivity contribution in [2.45, 2.75) is 57.8 Å². The van der Waals surface area contributed by atoms with Gasteiger partial charge in [-0.1, -0.05) is 20.8 Å². The number of anilines is 1. The van der Waals surface area contributed by atoms with E-state index < -0.39 is 24.0 Å². The van der Waals surface area contributed by atoms with Crippen LogP contribution in [-0.4, -0.2) is 98.6 Å². The van der Waals surface area contributed by atoms with Gasteiger partial charge in [-0.2, -0.15) is 0 Å². The first-order valence-corrected chi connectivity index (χ1v) is 13.1. The van der Waals surface area contributed by atoms with Gasteiger partial charge in [-0.3, -0.25) is 19.3 Å². The van der Waals surface area contributed by atoms with Gasteiger partial charge in [0, 0.05) is 44.5 Å². The highest BCUT2D eigenvalue weighted by Gasteiger charge is 2.53. The number of piperazine rings is 1. The van der Waals surface area contributed by atoms with Crippen molar-refractivity contribution in [3.8, 4) is 0 Å². The fourth-order valence-electron chi connectivity index (χ4n) is 5.88. The number of ether oxygens (including phenoxy) is 2. The van der Waals surface area contributed by atoms with Crippen LogP contribution in [0.2, 0.25) is 0 Å². The molecule has 3 fully saturated rings. The lowest BCUT2D eigenvalue weighted by Crippen LogP contribution is -2.46. The number of ketones is 1. The summed E-state index contributed by atoms with van der Waals surface area (Å²) in [6, 6.07) is 5.00. The van der Waals surface area contributed by atoms with E-state index in [9.17, 15) is 14.4 Å². The minimum Gasteiger partial charge on any atom is -0.377 e. The summed E-state index contributed by atoms with van der Waals surface area (Å²) < 4.78 is 11.2. The van der Waals surface area contributed by atoms with Crippen LogP contribution >= 0.6 is 0 Å². The number of hydrogen-bond donors (Lipinski definition) is 1. The quantitative estimate of drug-likeness (QED) is 0.550. The number of rotatable bonds is 9. The molecule has 198 valence electrons. The van der Waals surface area contributed by atoms with Crippen molar-refractivity contribution in [3.05, 3.63) is 29.3 Å². The van der Waals surface area contributed by atoms with E-state index in [4.69, 9.17) is 15.2 Å². The Morgan fingerprint density at radius 3 is 2.53 bits per heavy atom. The second-order valence-electron chi connectivity index (χ2n) is 10.6. The van der Waals surface area contributed by atoms with Crippen LogP contribution in [0.4, 0.5) is 5.69 Å². The minimum absolute atomic E-state index is 0.0140. The van der Waals surface area contributed by atoms with Gasteiger partial charge in [-0.25, -0.2) is 0 Å². The Labute approximate surface area is 213 Å². The lowest BCUT2D eigenvalue weighted by atomic mass is 9.85. The van der Waals surface area contributed by atoms with Gasteiger partial charge < -0.3 is 25.0 Å². The molecule has 3 aliphatic rings. The normalized spacial score (nSPS) is 25.5. The average molecular weight is 501 g/mol. The maximum atomic E-state index is 14.1. The average Bonchev–Trinajstić information content (AvgIpc) is 3.42. The number of Topliss-reactive ketones (excluding diaryl/α,β-unsaturated/α-hetero) is 1. The van der Waals surface area contributed by atoms with Crippen molar-refractivity contribution in [1.82, 2.24) is 9.80 Å². The van der Waals surface area contributed by atoms with Gasteiger partial charge in [-0.15, -0.1) is 0 Å². The Bertz CT molecular complexity index is 975. The van der Waals surface area contributed by atoms with Gasteiger partial charge in [0.15, 0.2) is 5.78 Å². The van der Waals surface area contributed by atoms with Crippen LogP contribution in [0.1, 0.15) is 55.5 Å². The molecule has 36 heavy (non-hydrogen) atoms. The summed E-state index contributed by atoms with van der Waals surface area (Å²) in [4.78, 5) is 45.6. The summed E-state index contributed by atoms with van der Waals surface area (Å²) in [5, 5.41) is 0. The molecule has 3 saturated heterocycles. The zero-order valence-electron chi connectivity index (χ0n) is 21.9. The summed E-state index contributed by atoms with van der Waals surface area (Å²) >= 11 is 0. The molecule has 0 unspecified atom stereocenters. The van der Waals surface area contributed by atoms with E-state index >= 15 is 0 Å². The lowest BCUT2D eigenvalue weighted by Gasteiger charge is -2.36. The molecule has 0 radical (unpaired) electrons. The summed E-state index contributed by atoms with van der Waals surface area (Å²) in [6.45, 7) is 11.4. The molecule has 9 nitrogen and oxygen atoms in total. The fraction of sp³-hybridized carbons (Fsp3) is 0.667. The summed E-state index contributed by atoms with van der Waals surface area (Å²) in [6.07, 6.45) is 0.860. The van der Waals surface area contributed by atoms with Crippen LogP contribution in [0.25, 0.3) is 0 Å². The Hall–Kier alpha value is -2.49. The number of nitrogens with zero attached hydrogens (tertiary/aromatic N) is 3. The highest BCUT2D eigenvalue weighted by molar-refractivity contribution is 5.99. The van der Waals surface area contributed by atoms with Crippen molar-refractivity contribution in [2.24, 2.45) is 11.7 Å². The van der Waals surface area contributed by atoms with Crippen molar-refractivity contribution in [1.29, 1.82) is 0 Å². The highest BCUT2D eigenvalue weighted by Crippen LogP contribution is 2.36. The third-order valence-corrected chi connectivity index (χ3v) is 7.68. The second kappa shape index (κ2) is 11.3. The van der Waals surface area contributed by atoms with Crippen molar-refractivity contribution in [3.63, 3.8) is 0 Å². The van der Waals surface area contributed by atoms with Crippen LogP contribution < -0.4 is 10.6 Å². The number of carbonyl (C=O) groups is 3. The van der Waals surface area contributed by atoms with E-state index in [-0.39, 0.29) is 36.9 Å². The number of fused-ring (bicyclic) bond motifs is 1. The summed E-state index contributed by atoms with van der Waals surface area (Å²) in [7, 11) is 1.57. The summed E-state index contributed by atoms with van der Waals surface area (Å²) in [5.41, 5.74) is 7.77. The van der Waals surface area contributed by atoms with Gasteiger partial charge >= 0.3 is 0 Å². The van der Waals surface area contributed by atoms with Gasteiger partial charge in [0.2, 0.25) is 11.8 Å². The number of likely N-dealkylation sites (tertiary alicyclic amines) is 1. The largest absolute Gasteiger partial charge is 0.377 e. The van der Waals surface area contributed by atoms with Crippen molar-refractivity contribution in [2.75, 3.05) is 57.9 Å². The molecule has 1 aromatic rings. The Morgan fingerprint density at radius 1 is 1.19 bits per heavy atom. The first-order chi connectivity index (χ1) is 17.2. The Kier molecular flexibility index (Phi) is 8.32. The lowest BCUT2D eigenvalue weighted by molar-refractivity contribution is -0.138. The number of amides is 2. The third-order valence-electron chi connectivity index (χ3n) is 7.68. The maximum absolute atomic E-state index is 14.1. The first-order valence-electron chi connectivity index (χ1n) is 13.1. The number of primary amides is 1. The SMILES string of the molecule is CCCN1CCN(c2ccc(C(N)=O)c([C@H](CC(C)C)C(=O)N3C[C@@H](OC)[C@H]4OCC(=O)[C@H]43)c2)CC1. The van der Waals surface area contributed by atoms with Gasteiger partial charge in [0.1, 0.15) is 24.9 Å². The van der Waals surface area contributed by atoms with Crippen LogP contribution in [0.15, 0.2) is 18.2 Å². The molecule has 0 aliphatic carbocycles. The molecule has 3 aliphatic heterocycles. The topological polar surface area (TPSA) is 105 Å². The molecule has 0 aromatic heterocycles. The predicted octanol–water partition coefficient (Wildman–Crippen LogP) is 1.64. The van der Waals surface area contributed by atoms with E-state index in [1.54, 1.807) is 18.1 Å². The van der Waals surface area contributed by atoms with Gasteiger partial charge in [0.05, 0.1) is 12.5 Å². The number of carbonyl (C=O) groups excluding carboxylic acids is 3. The fourth-order valence-corrected chi connectivity index (χ4v) is 5.88. The van der Waals surface area contributed by atoms with Gasteiger partial charge in [-0.05, 0) is 49.1 Å². The molecule has 0 bridgehead atoms. The first kappa shape index (κ1) is 26.6. The zero-order valence-corrected chi connectivity index (χ0v) is 21.9. The Morgan fingerprint density at radius 2 is 1.92 bits per heavy atom. The van der Waals surface area contributed by atoms with Crippen LogP contribution in [0.5, 0.6) is 0 Å². The van der Waals surface area contributed by atoms with E-state index in [1.165, 1.54) is 0 Å². The zero-order chi connectivity index (χ0) is 26.0. The number of benzene rings is 1. The van der Waals surface area contributed by atoms with Crippen LogP contribution in [-0.2, 0) is 19.1 Å². The van der Waals surface area contributed by atoms with E-state index in [0.717, 1.165) is 44.8 Å². The Balaban J connectivity index is 1.67. The van der Waals surface area contributed by atoms with E-state index in [1.807, 2.05) is 12.1 Å². The van der Waals surface area contributed by atoms with E-state index in [0.29, 0.717) is 17.5 Å². The standard InChI is InChI=1S/C27H40N4O5/c1-5-8-29-9-11-30(12-10-29)18-6-7-19(26(28)33)20(14-18)21(13-17(2)3)27(34)31-15-23(35-4)25-24(31)22(32)16-36-25/h6-7,14,17,21,23-25H,5,8-13,15-16H2,1-4H3,(H2,28,33)/t21-,23+,24+,25+/m0/s1. The van der Waals surface area contributed by atoms with Crippen molar-refractivity contribution >= 4 is 23.3 Å². The molecule has 4 rings (SSSR count). The van der Waals surface area contributed by atoms with Crippen molar-refractivity contribution < 1.29 is 23.9 Å². The smallest absolute Gasteiger partial charge is 0.249 e. The molecule has 2 N–H and O–H groups in total. The minimum atomic E-state index is -0.649. The maximum Gasteiger partial charge on any atom is 0.249 e. The predicted molar refractivity (Wildman–Crippen MR) is 137 cm³/mol. The third kappa shape index (κ3) is 5.28. The molecule has 1 aromatic carbocycles. The molecule has 0 spiro atoms. The van der Waals surface area contributed by atoms with Gasteiger partial charge in [0.25, 0.3) is 0 Å². The molecule has 3 heterocycles. The monoisotopic (exact) mass is 500 g/mol. The number of hydrogen-bond acceptors (Lipinski definition) is 7. The number of methoxy groups -OCH3 is 1. The molecule has 0 saturated carbocycles. The second-order valence-corrected chi connectivity index (χ2v) is 10.6. The highest BCUT2D eigenvalue weighted by atomic mass is 16.5. The number of nitrogens with two attached hydrogens (primary N) is 1. The molecule has 2 amide bonds. The molecular weight excluding hydrogens is 460 g/mol. The van der Waals surface area contributed by atoms with Crippen LogP contribution in [0, 0.1) is 5.92 Å². The van der Waals surface area contributed by atoms with Crippen LogP contribution in [0.3, 0.4) is 0 Å². The van der Waals surface area contributed by atoms with E-state index in [2.05, 4.69) is 30.6 Å². The molecular formula is C27H40N4O5. The summed E-state index contributed by atoms with van der Waals surface area (Å²) in [5.74, 6) is -1.25. The molecule has 4 atom stereocenters.